The van der Waals surface area contributed by atoms with E-state index in [4.69, 9.17) is 10.5 Å². The van der Waals surface area contributed by atoms with Gasteiger partial charge in [-0.2, -0.15) is 0 Å². The molecule has 2 atom stereocenters. The van der Waals surface area contributed by atoms with Crippen LogP contribution >= 0.6 is 0 Å². The summed E-state index contributed by atoms with van der Waals surface area (Å²) in [6, 6.07) is 27.1. The molecular weight excluding hydrogens is 488 g/mol. The minimum Gasteiger partial charge on any atom is -0.377 e. The quantitative estimate of drug-likeness (QED) is 0.314. The molecule has 0 radical (unpaired) electrons. The third-order valence-electron chi connectivity index (χ3n) is 7.14. The molecule has 1 aliphatic heterocycles. The number of carbonyl (C=O) groups excluding carboxylic acids is 2. The lowest BCUT2D eigenvalue weighted by Gasteiger charge is -2.41. The van der Waals surface area contributed by atoms with Crippen LogP contribution in [0.2, 0.25) is 0 Å². The molecule has 2 amide bonds. The number of hydrogen-bond acceptors (Lipinski definition) is 5. The highest BCUT2D eigenvalue weighted by molar-refractivity contribution is 6.08. The Morgan fingerprint density at radius 1 is 0.821 bits per heavy atom. The molecule has 1 aliphatic rings. The summed E-state index contributed by atoms with van der Waals surface area (Å²) in [5.74, 6) is -0.448. The van der Waals surface area contributed by atoms with Crippen LogP contribution in [0.5, 0.6) is 0 Å². The van der Waals surface area contributed by atoms with E-state index in [-0.39, 0.29) is 23.9 Å². The molecule has 39 heavy (non-hydrogen) atoms. The summed E-state index contributed by atoms with van der Waals surface area (Å²) in [7, 11) is 0. The van der Waals surface area contributed by atoms with Crippen molar-refractivity contribution < 1.29 is 14.3 Å². The van der Waals surface area contributed by atoms with E-state index in [0.717, 1.165) is 27.6 Å². The summed E-state index contributed by atoms with van der Waals surface area (Å²) in [6.07, 6.45) is 0. The minimum absolute atomic E-state index is 0.111. The number of benzene rings is 4. The van der Waals surface area contributed by atoms with Crippen molar-refractivity contribution in [1.29, 1.82) is 0 Å². The van der Waals surface area contributed by atoms with Gasteiger partial charge in [0, 0.05) is 36.3 Å². The first kappa shape index (κ1) is 26.4. The van der Waals surface area contributed by atoms with Gasteiger partial charge in [-0.3, -0.25) is 9.59 Å². The molecule has 0 spiro atoms. The fraction of sp³-hybridized carbons (Fsp3) is 0.250. The fourth-order valence-corrected chi connectivity index (χ4v) is 5.16. The van der Waals surface area contributed by atoms with E-state index in [1.165, 1.54) is 0 Å². The number of fused-ring (bicyclic) bond motifs is 1. The Bertz CT molecular complexity index is 1490. The van der Waals surface area contributed by atoms with E-state index in [1.54, 1.807) is 6.07 Å². The van der Waals surface area contributed by atoms with Crippen LogP contribution in [0.4, 0.5) is 11.4 Å². The Labute approximate surface area is 229 Å². The highest BCUT2D eigenvalue weighted by atomic mass is 16.5. The second kappa shape index (κ2) is 11.7. The summed E-state index contributed by atoms with van der Waals surface area (Å²) >= 11 is 0. The van der Waals surface area contributed by atoms with Gasteiger partial charge in [0.1, 0.15) is 0 Å². The molecule has 1 fully saturated rings. The Morgan fingerprint density at radius 2 is 1.51 bits per heavy atom. The van der Waals surface area contributed by atoms with Crippen LogP contribution in [0, 0.1) is 0 Å². The lowest BCUT2D eigenvalue weighted by Crippen LogP contribution is -2.50. The van der Waals surface area contributed by atoms with Crippen molar-refractivity contribution in [2.24, 2.45) is 5.73 Å². The second-order valence-corrected chi connectivity index (χ2v) is 10.1. The number of rotatable bonds is 7. The van der Waals surface area contributed by atoms with Gasteiger partial charge in [-0.15, -0.1) is 0 Å². The van der Waals surface area contributed by atoms with E-state index in [2.05, 4.69) is 29.4 Å². The number of morpholine rings is 1. The Hall–Kier alpha value is -4.20. The first-order valence-corrected chi connectivity index (χ1v) is 13.3. The van der Waals surface area contributed by atoms with Gasteiger partial charge in [0.15, 0.2) is 0 Å². The average Bonchev–Trinajstić information content (AvgIpc) is 2.96. The molecular formula is C32H34N4O3. The van der Waals surface area contributed by atoms with Crippen LogP contribution in [-0.2, 0) is 17.8 Å². The second-order valence-electron chi connectivity index (χ2n) is 10.1. The Morgan fingerprint density at radius 3 is 2.28 bits per heavy atom. The number of nitrogens with two attached hydrogens (primary N) is 1. The van der Waals surface area contributed by atoms with Crippen LogP contribution in [0.15, 0.2) is 84.9 Å². The molecule has 0 aromatic heterocycles. The maximum atomic E-state index is 13.4. The molecule has 0 saturated carbocycles. The molecule has 7 nitrogen and oxygen atoms in total. The summed E-state index contributed by atoms with van der Waals surface area (Å²) in [5, 5.41) is 8.15. The summed E-state index contributed by atoms with van der Waals surface area (Å²) in [6.45, 7) is 6.20. The van der Waals surface area contributed by atoms with Crippen molar-refractivity contribution in [3.8, 4) is 0 Å². The van der Waals surface area contributed by atoms with Crippen molar-refractivity contribution in [2.45, 2.75) is 39.0 Å². The molecule has 0 aliphatic carbocycles. The van der Waals surface area contributed by atoms with Crippen LogP contribution in [-0.4, -0.2) is 37.1 Å². The van der Waals surface area contributed by atoms with Gasteiger partial charge in [-0.1, -0.05) is 54.6 Å². The number of carbonyl (C=O) groups is 2. The van der Waals surface area contributed by atoms with E-state index in [9.17, 15) is 9.59 Å². The average molecular weight is 523 g/mol. The van der Waals surface area contributed by atoms with Crippen molar-refractivity contribution in [3.63, 3.8) is 0 Å². The first-order chi connectivity index (χ1) is 18.9. The fourth-order valence-electron chi connectivity index (χ4n) is 5.16. The van der Waals surface area contributed by atoms with Crippen molar-refractivity contribution in [1.82, 2.24) is 5.32 Å². The van der Waals surface area contributed by atoms with Gasteiger partial charge in [-0.05, 0) is 66.1 Å². The van der Waals surface area contributed by atoms with Crippen LogP contribution in [0.1, 0.15) is 45.7 Å². The molecule has 4 aromatic carbocycles. The standard InChI is InChI=1S/C32H34N4O3/c1-21-19-39-20-22(2)36(21)30-13-12-28(31(37)34-18-24-7-5-6-23(14-24)17-33)16-29(30)35-32(38)27-11-10-25-8-3-4-9-26(25)15-27/h3-16,21-22H,17-20,33H2,1-2H3,(H,34,37)(H,35,38). The van der Waals surface area contributed by atoms with E-state index >= 15 is 0 Å². The predicted molar refractivity (Wildman–Crippen MR) is 156 cm³/mol. The zero-order valence-corrected chi connectivity index (χ0v) is 22.3. The number of nitrogens with one attached hydrogen (secondary N) is 2. The summed E-state index contributed by atoms with van der Waals surface area (Å²) in [4.78, 5) is 28.9. The zero-order chi connectivity index (χ0) is 27.4. The molecule has 4 N–H and O–H groups in total. The number of hydrogen-bond donors (Lipinski definition) is 3. The van der Waals surface area contributed by atoms with Crippen molar-refractivity contribution in [2.75, 3.05) is 23.4 Å². The Balaban J connectivity index is 1.43. The normalized spacial score (nSPS) is 17.2. The third-order valence-corrected chi connectivity index (χ3v) is 7.14. The molecule has 0 bridgehead atoms. The largest absolute Gasteiger partial charge is 0.377 e. The van der Waals surface area contributed by atoms with Crippen LogP contribution in [0.3, 0.4) is 0 Å². The lowest BCUT2D eigenvalue weighted by atomic mass is 10.0. The van der Waals surface area contributed by atoms with Gasteiger partial charge >= 0.3 is 0 Å². The van der Waals surface area contributed by atoms with Crippen LogP contribution in [0.25, 0.3) is 10.8 Å². The first-order valence-electron chi connectivity index (χ1n) is 13.3. The molecule has 1 heterocycles. The summed E-state index contributed by atoms with van der Waals surface area (Å²) in [5.41, 5.74) is 10.2. The highest BCUT2D eigenvalue weighted by Crippen LogP contribution is 2.33. The molecule has 200 valence electrons. The molecule has 5 rings (SSSR count). The van der Waals surface area contributed by atoms with Gasteiger partial charge in [0.05, 0.1) is 24.6 Å². The third kappa shape index (κ3) is 5.95. The summed E-state index contributed by atoms with van der Waals surface area (Å²) < 4.78 is 5.73. The topological polar surface area (TPSA) is 96.7 Å². The maximum absolute atomic E-state index is 13.4. The number of anilines is 2. The van der Waals surface area contributed by atoms with E-state index in [0.29, 0.717) is 43.1 Å². The molecule has 7 heteroatoms. The van der Waals surface area contributed by atoms with Crippen molar-refractivity contribution >= 4 is 34.0 Å². The predicted octanol–water partition coefficient (Wildman–Crippen LogP) is 5.09. The zero-order valence-electron chi connectivity index (χ0n) is 22.3. The lowest BCUT2D eigenvalue weighted by molar-refractivity contribution is 0.0757. The Kier molecular flexibility index (Phi) is 7.91. The smallest absolute Gasteiger partial charge is 0.255 e. The molecule has 4 aromatic rings. The van der Waals surface area contributed by atoms with Crippen molar-refractivity contribution in [3.05, 3.63) is 107 Å². The van der Waals surface area contributed by atoms with Gasteiger partial charge in [0.25, 0.3) is 11.8 Å². The minimum atomic E-state index is -0.230. The van der Waals surface area contributed by atoms with Gasteiger partial charge < -0.3 is 26.0 Å². The monoisotopic (exact) mass is 522 g/mol. The number of amides is 2. The number of ether oxygens (including phenoxy) is 1. The van der Waals surface area contributed by atoms with Crippen LogP contribution < -0.4 is 21.3 Å². The number of nitrogens with zero attached hydrogens (tertiary/aromatic N) is 1. The van der Waals surface area contributed by atoms with Gasteiger partial charge in [-0.25, -0.2) is 0 Å². The molecule has 2 unspecified atom stereocenters. The maximum Gasteiger partial charge on any atom is 0.255 e. The van der Waals surface area contributed by atoms with E-state index in [1.807, 2.05) is 78.9 Å². The van der Waals surface area contributed by atoms with E-state index < -0.39 is 0 Å². The SMILES string of the molecule is CC1COCC(C)N1c1ccc(C(=O)NCc2cccc(CN)c2)cc1NC(=O)c1ccc2ccccc2c1. The highest BCUT2D eigenvalue weighted by Gasteiger charge is 2.28. The van der Waals surface area contributed by atoms with Gasteiger partial charge in [0.2, 0.25) is 0 Å². The molecule has 1 saturated heterocycles.